The second kappa shape index (κ2) is 5.66. The Labute approximate surface area is 112 Å². The van der Waals surface area contributed by atoms with Crippen LogP contribution in [0.3, 0.4) is 0 Å². The zero-order valence-electron chi connectivity index (χ0n) is 10.7. The van der Waals surface area contributed by atoms with Gasteiger partial charge in [0, 0.05) is 6.26 Å². The Morgan fingerprint density at radius 1 is 1.42 bits per heavy atom. The quantitative estimate of drug-likeness (QED) is 0.846. The number of nitrogens with one attached hydrogen (secondary N) is 2. The van der Waals surface area contributed by atoms with Gasteiger partial charge in [0.25, 0.3) is 0 Å². The molecule has 0 aliphatic carbocycles. The lowest BCUT2D eigenvalue weighted by Crippen LogP contribution is -2.43. The number of carbonyl (C=O) groups excluding carboxylic acids is 1. The van der Waals surface area contributed by atoms with Gasteiger partial charge in [-0.15, -0.1) is 0 Å². The van der Waals surface area contributed by atoms with Gasteiger partial charge in [-0.05, 0) is 31.5 Å². The van der Waals surface area contributed by atoms with Crippen molar-refractivity contribution in [3.63, 3.8) is 0 Å². The third-order valence-corrected chi connectivity index (χ3v) is 4.01. The molecule has 1 saturated heterocycles. The number of hydrogen-bond acceptors (Lipinski definition) is 5. The third-order valence-electron chi connectivity index (χ3n) is 3.01. The molecule has 0 bridgehead atoms. The molecule has 1 aromatic rings. The summed E-state index contributed by atoms with van der Waals surface area (Å²) in [6.07, 6.45) is 5.40. The smallest absolute Gasteiger partial charge is 0.241 e. The van der Waals surface area contributed by atoms with Gasteiger partial charge in [0.2, 0.25) is 5.91 Å². The van der Waals surface area contributed by atoms with Crippen LogP contribution < -0.4 is 10.6 Å². The highest BCUT2D eigenvalue weighted by atomic mass is 32.2. The van der Waals surface area contributed by atoms with E-state index in [2.05, 4.69) is 15.6 Å². The van der Waals surface area contributed by atoms with Crippen molar-refractivity contribution in [1.29, 1.82) is 0 Å². The highest BCUT2D eigenvalue weighted by molar-refractivity contribution is 7.90. The molecule has 1 aliphatic heterocycles. The van der Waals surface area contributed by atoms with Crippen LogP contribution in [0.5, 0.6) is 0 Å². The summed E-state index contributed by atoms with van der Waals surface area (Å²) in [5.41, 5.74) is 0.504. The Balaban J connectivity index is 2.01. The number of piperidine rings is 1. The fraction of sp³-hybridized carbons (Fsp3) is 0.500. The van der Waals surface area contributed by atoms with Crippen LogP contribution in [0.2, 0.25) is 0 Å². The molecule has 7 heteroatoms. The van der Waals surface area contributed by atoms with E-state index >= 15 is 0 Å². The van der Waals surface area contributed by atoms with Gasteiger partial charge >= 0.3 is 0 Å². The molecule has 2 heterocycles. The number of hydrogen-bond donors (Lipinski definition) is 2. The first-order chi connectivity index (χ1) is 8.97. The van der Waals surface area contributed by atoms with Crippen LogP contribution in [-0.4, -0.2) is 38.2 Å². The zero-order chi connectivity index (χ0) is 13.9. The number of aromatic nitrogens is 1. The summed E-state index contributed by atoms with van der Waals surface area (Å²) in [7, 11) is -3.30. The van der Waals surface area contributed by atoms with Gasteiger partial charge in [-0.3, -0.25) is 4.79 Å². The van der Waals surface area contributed by atoms with Crippen molar-refractivity contribution in [3.8, 4) is 0 Å². The molecule has 6 nitrogen and oxygen atoms in total. The molecule has 1 aliphatic rings. The van der Waals surface area contributed by atoms with Gasteiger partial charge < -0.3 is 10.6 Å². The number of sulfone groups is 1. The van der Waals surface area contributed by atoms with Crippen LogP contribution >= 0.6 is 0 Å². The van der Waals surface area contributed by atoms with Crippen molar-refractivity contribution in [3.05, 3.63) is 18.3 Å². The Bertz CT molecular complexity index is 548. The Hall–Kier alpha value is -1.47. The molecule has 0 saturated carbocycles. The van der Waals surface area contributed by atoms with E-state index in [-0.39, 0.29) is 17.0 Å². The van der Waals surface area contributed by atoms with Gasteiger partial charge in [0.1, 0.15) is 0 Å². The van der Waals surface area contributed by atoms with Crippen molar-refractivity contribution in [2.24, 2.45) is 0 Å². The number of anilines is 1. The first-order valence-electron chi connectivity index (χ1n) is 6.17. The first-order valence-corrected chi connectivity index (χ1v) is 8.06. The molecular formula is C12H17N3O3S. The van der Waals surface area contributed by atoms with E-state index in [4.69, 9.17) is 0 Å². The van der Waals surface area contributed by atoms with E-state index in [9.17, 15) is 13.2 Å². The maximum atomic E-state index is 11.9. The van der Waals surface area contributed by atoms with E-state index in [0.717, 1.165) is 32.1 Å². The number of carbonyl (C=O) groups is 1. The second-order valence-electron chi connectivity index (χ2n) is 4.65. The number of pyridine rings is 1. The molecule has 1 amide bonds. The molecule has 1 atom stereocenters. The van der Waals surface area contributed by atoms with Gasteiger partial charge in [-0.2, -0.15) is 0 Å². The number of rotatable bonds is 3. The van der Waals surface area contributed by atoms with Crippen LogP contribution in [0.15, 0.2) is 23.4 Å². The lowest BCUT2D eigenvalue weighted by Gasteiger charge is -2.22. The SMILES string of the molecule is CS(=O)(=O)c1ccc(NC(=O)[C@@H]2CCCCN2)cn1. The lowest BCUT2D eigenvalue weighted by molar-refractivity contribution is -0.118. The van der Waals surface area contributed by atoms with Crippen molar-refractivity contribution in [2.75, 3.05) is 18.1 Å². The summed E-state index contributed by atoms with van der Waals surface area (Å²) in [6.45, 7) is 0.851. The predicted molar refractivity (Wildman–Crippen MR) is 71.6 cm³/mol. The maximum absolute atomic E-state index is 11.9. The van der Waals surface area contributed by atoms with Gasteiger partial charge in [0.15, 0.2) is 14.9 Å². The van der Waals surface area contributed by atoms with Gasteiger partial charge in [-0.1, -0.05) is 6.42 Å². The molecule has 1 aromatic heterocycles. The van der Waals surface area contributed by atoms with Crippen molar-refractivity contribution in [2.45, 2.75) is 30.3 Å². The summed E-state index contributed by atoms with van der Waals surface area (Å²) in [4.78, 5) is 15.8. The molecule has 104 valence electrons. The molecule has 2 rings (SSSR count). The van der Waals surface area contributed by atoms with Crippen molar-refractivity contribution < 1.29 is 13.2 Å². The van der Waals surface area contributed by atoms with E-state index in [1.54, 1.807) is 6.07 Å². The minimum Gasteiger partial charge on any atom is -0.323 e. The molecular weight excluding hydrogens is 266 g/mol. The average Bonchev–Trinajstić information content (AvgIpc) is 2.39. The molecule has 0 aromatic carbocycles. The third kappa shape index (κ3) is 3.74. The molecule has 2 N–H and O–H groups in total. The van der Waals surface area contributed by atoms with E-state index in [0.29, 0.717) is 5.69 Å². The summed E-state index contributed by atoms with van der Waals surface area (Å²) in [5.74, 6) is -0.103. The lowest BCUT2D eigenvalue weighted by atomic mass is 10.0. The van der Waals surface area contributed by atoms with E-state index in [1.807, 2.05) is 0 Å². The summed E-state index contributed by atoms with van der Waals surface area (Å²) in [5, 5.41) is 5.88. The summed E-state index contributed by atoms with van der Waals surface area (Å²) < 4.78 is 22.5. The Morgan fingerprint density at radius 2 is 2.21 bits per heavy atom. The van der Waals surface area contributed by atoms with Crippen LogP contribution in [-0.2, 0) is 14.6 Å². The Morgan fingerprint density at radius 3 is 2.74 bits per heavy atom. The minimum absolute atomic E-state index is 0.00119. The van der Waals surface area contributed by atoms with Crippen molar-refractivity contribution >= 4 is 21.4 Å². The first kappa shape index (κ1) is 14.0. The zero-order valence-corrected chi connectivity index (χ0v) is 11.5. The van der Waals surface area contributed by atoms with Gasteiger partial charge in [-0.25, -0.2) is 13.4 Å². The highest BCUT2D eigenvalue weighted by Crippen LogP contribution is 2.13. The van der Waals surface area contributed by atoms with E-state index < -0.39 is 9.84 Å². The molecule has 0 unspecified atom stereocenters. The molecule has 19 heavy (non-hydrogen) atoms. The van der Waals surface area contributed by atoms with Crippen LogP contribution in [0.4, 0.5) is 5.69 Å². The fourth-order valence-corrected chi connectivity index (χ4v) is 2.54. The molecule has 0 spiro atoms. The minimum atomic E-state index is -3.30. The Kier molecular flexibility index (Phi) is 4.16. The summed E-state index contributed by atoms with van der Waals surface area (Å²) >= 11 is 0. The molecule has 0 radical (unpaired) electrons. The average molecular weight is 283 g/mol. The highest BCUT2D eigenvalue weighted by Gasteiger charge is 2.20. The predicted octanol–water partition coefficient (Wildman–Crippen LogP) is 0.566. The summed E-state index contributed by atoms with van der Waals surface area (Å²) in [6, 6.07) is 2.76. The normalized spacial score (nSPS) is 19.9. The van der Waals surface area contributed by atoms with Crippen LogP contribution in [0.1, 0.15) is 19.3 Å². The number of amides is 1. The monoisotopic (exact) mass is 283 g/mol. The van der Waals surface area contributed by atoms with Crippen LogP contribution in [0.25, 0.3) is 0 Å². The largest absolute Gasteiger partial charge is 0.323 e. The van der Waals surface area contributed by atoms with Gasteiger partial charge in [0.05, 0.1) is 17.9 Å². The molecule has 1 fully saturated rings. The number of nitrogens with zero attached hydrogens (tertiary/aromatic N) is 1. The topological polar surface area (TPSA) is 88.2 Å². The fourth-order valence-electron chi connectivity index (χ4n) is 1.98. The maximum Gasteiger partial charge on any atom is 0.241 e. The van der Waals surface area contributed by atoms with E-state index in [1.165, 1.54) is 12.3 Å². The standard InChI is InChI=1S/C12H17N3O3S/c1-19(17,18)11-6-5-9(8-14-11)15-12(16)10-4-2-3-7-13-10/h5-6,8,10,13H,2-4,7H2,1H3,(H,15,16)/t10-/m0/s1. The van der Waals surface area contributed by atoms with Crippen LogP contribution in [0, 0.1) is 0 Å². The van der Waals surface area contributed by atoms with Crippen molar-refractivity contribution in [1.82, 2.24) is 10.3 Å². The second-order valence-corrected chi connectivity index (χ2v) is 6.61.